The van der Waals surface area contributed by atoms with E-state index in [0.29, 0.717) is 17.1 Å². The first-order chi connectivity index (χ1) is 14.1. The van der Waals surface area contributed by atoms with E-state index in [1.807, 2.05) is 55.3 Å². The second-order valence-electron chi connectivity index (χ2n) is 7.01. The number of hydrogen-bond donors (Lipinski definition) is 1. The number of nitrogens with one attached hydrogen (secondary N) is 1. The summed E-state index contributed by atoms with van der Waals surface area (Å²) in [6, 6.07) is 18.7. The summed E-state index contributed by atoms with van der Waals surface area (Å²) in [4.78, 5) is 16.8. The molecule has 0 bridgehead atoms. The van der Waals surface area contributed by atoms with Gasteiger partial charge in [-0.25, -0.2) is 4.98 Å². The van der Waals surface area contributed by atoms with E-state index in [0.717, 1.165) is 30.1 Å². The fraction of sp³-hybridized carbons (Fsp3) is 0.174. The maximum atomic E-state index is 12.5. The molecule has 146 valence electrons. The van der Waals surface area contributed by atoms with Crippen LogP contribution in [0.4, 0.5) is 11.4 Å². The van der Waals surface area contributed by atoms with Gasteiger partial charge in [-0.05, 0) is 56.3 Å². The molecule has 4 rings (SSSR count). The highest BCUT2D eigenvalue weighted by molar-refractivity contribution is 6.04. The highest BCUT2D eigenvalue weighted by Crippen LogP contribution is 2.22. The van der Waals surface area contributed by atoms with Crippen LogP contribution in [-0.4, -0.2) is 23.1 Å². The summed E-state index contributed by atoms with van der Waals surface area (Å²) in [7, 11) is 0. The SMILES string of the molecule is CC1=NN(c2ccc(C(=O)Nc3ccc(Oc4ccc(C)cc4)nc3)cc2)CC1. The van der Waals surface area contributed by atoms with Gasteiger partial charge in [0.1, 0.15) is 5.75 Å². The summed E-state index contributed by atoms with van der Waals surface area (Å²) in [6.07, 6.45) is 2.55. The van der Waals surface area contributed by atoms with Crippen molar-refractivity contribution in [2.75, 3.05) is 16.9 Å². The number of amides is 1. The molecule has 0 spiro atoms. The van der Waals surface area contributed by atoms with Gasteiger partial charge in [0.15, 0.2) is 0 Å². The lowest BCUT2D eigenvalue weighted by Gasteiger charge is -2.14. The molecule has 1 aromatic heterocycles. The topological polar surface area (TPSA) is 66.8 Å². The third kappa shape index (κ3) is 4.60. The van der Waals surface area contributed by atoms with Crippen molar-refractivity contribution >= 4 is 23.0 Å². The monoisotopic (exact) mass is 386 g/mol. The standard InChI is InChI=1S/C23H22N4O2/c1-16-3-10-21(11-4-16)29-22-12-7-19(15-24-22)25-23(28)18-5-8-20(9-6-18)27-14-13-17(2)26-27/h3-12,15H,13-14H2,1-2H3,(H,25,28). The number of hydrogen-bond acceptors (Lipinski definition) is 5. The largest absolute Gasteiger partial charge is 0.439 e. The highest BCUT2D eigenvalue weighted by Gasteiger charge is 2.13. The maximum absolute atomic E-state index is 12.5. The lowest BCUT2D eigenvalue weighted by Crippen LogP contribution is -2.14. The highest BCUT2D eigenvalue weighted by atomic mass is 16.5. The van der Waals surface area contributed by atoms with E-state index in [-0.39, 0.29) is 5.91 Å². The summed E-state index contributed by atoms with van der Waals surface area (Å²) in [5.41, 5.74) is 4.45. The van der Waals surface area contributed by atoms with E-state index in [1.165, 1.54) is 5.56 Å². The zero-order valence-corrected chi connectivity index (χ0v) is 16.4. The molecule has 0 radical (unpaired) electrons. The van der Waals surface area contributed by atoms with Gasteiger partial charge in [-0.1, -0.05) is 17.7 Å². The van der Waals surface area contributed by atoms with Gasteiger partial charge in [-0.3, -0.25) is 9.80 Å². The van der Waals surface area contributed by atoms with Gasteiger partial charge in [0.2, 0.25) is 5.88 Å². The number of aryl methyl sites for hydroxylation is 1. The van der Waals surface area contributed by atoms with Crippen LogP contribution >= 0.6 is 0 Å². The van der Waals surface area contributed by atoms with E-state index >= 15 is 0 Å². The van der Waals surface area contributed by atoms with Crippen LogP contribution in [0.25, 0.3) is 0 Å². The minimum absolute atomic E-state index is 0.188. The molecule has 1 aliphatic rings. The van der Waals surface area contributed by atoms with Crippen molar-refractivity contribution in [2.45, 2.75) is 20.3 Å². The van der Waals surface area contributed by atoms with Gasteiger partial charge < -0.3 is 10.1 Å². The second-order valence-corrected chi connectivity index (χ2v) is 7.01. The van der Waals surface area contributed by atoms with Crippen LogP contribution in [0.3, 0.4) is 0 Å². The van der Waals surface area contributed by atoms with E-state index in [1.54, 1.807) is 30.5 Å². The number of pyridine rings is 1. The number of rotatable bonds is 5. The molecule has 0 fully saturated rings. The summed E-state index contributed by atoms with van der Waals surface area (Å²) in [5, 5.41) is 9.28. The van der Waals surface area contributed by atoms with Crippen molar-refractivity contribution in [3.63, 3.8) is 0 Å². The Morgan fingerprint density at radius 2 is 1.76 bits per heavy atom. The van der Waals surface area contributed by atoms with Crippen molar-refractivity contribution in [1.82, 2.24) is 4.98 Å². The molecule has 0 saturated heterocycles. The Morgan fingerprint density at radius 3 is 2.38 bits per heavy atom. The van der Waals surface area contributed by atoms with Crippen LogP contribution in [0.15, 0.2) is 72.0 Å². The molecular weight excluding hydrogens is 364 g/mol. The van der Waals surface area contributed by atoms with E-state index in [4.69, 9.17) is 4.74 Å². The molecule has 6 nitrogen and oxygen atoms in total. The van der Waals surface area contributed by atoms with Crippen LogP contribution in [0.2, 0.25) is 0 Å². The van der Waals surface area contributed by atoms with Crippen molar-refractivity contribution in [2.24, 2.45) is 5.10 Å². The first-order valence-corrected chi connectivity index (χ1v) is 9.50. The van der Waals surface area contributed by atoms with Gasteiger partial charge in [0.25, 0.3) is 5.91 Å². The molecule has 1 N–H and O–H groups in total. The second kappa shape index (κ2) is 8.14. The average Bonchev–Trinajstić information content (AvgIpc) is 3.17. The predicted molar refractivity (Wildman–Crippen MR) is 115 cm³/mol. The normalized spacial score (nSPS) is 13.2. The van der Waals surface area contributed by atoms with Crippen molar-refractivity contribution in [1.29, 1.82) is 0 Å². The molecule has 0 saturated carbocycles. The molecule has 29 heavy (non-hydrogen) atoms. The number of aromatic nitrogens is 1. The molecule has 1 amide bonds. The minimum Gasteiger partial charge on any atom is -0.439 e. The molecule has 0 unspecified atom stereocenters. The lowest BCUT2D eigenvalue weighted by atomic mass is 10.2. The number of carbonyl (C=O) groups excluding carboxylic acids is 1. The van der Waals surface area contributed by atoms with Crippen molar-refractivity contribution < 1.29 is 9.53 Å². The quantitative estimate of drug-likeness (QED) is 0.668. The van der Waals surface area contributed by atoms with E-state index in [2.05, 4.69) is 15.4 Å². The lowest BCUT2D eigenvalue weighted by molar-refractivity contribution is 0.102. The molecule has 0 aliphatic carbocycles. The number of nitrogens with zero attached hydrogens (tertiary/aromatic N) is 3. The van der Waals surface area contributed by atoms with E-state index < -0.39 is 0 Å². The molecule has 3 aromatic rings. The van der Waals surface area contributed by atoms with Crippen LogP contribution in [0.1, 0.15) is 29.3 Å². The predicted octanol–water partition coefficient (Wildman–Crippen LogP) is 5.02. The molecule has 2 heterocycles. The van der Waals surface area contributed by atoms with Crippen LogP contribution in [-0.2, 0) is 0 Å². The zero-order valence-electron chi connectivity index (χ0n) is 16.4. The molecule has 0 atom stereocenters. The van der Waals surface area contributed by atoms with Crippen LogP contribution in [0.5, 0.6) is 11.6 Å². The Bertz CT molecular complexity index is 1030. The Morgan fingerprint density at radius 1 is 1.00 bits per heavy atom. The fourth-order valence-corrected chi connectivity index (χ4v) is 2.99. The summed E-state index contributed by atoms with van der Waals surface area (Å²) in [5.74, 6) is 1.00. The molecular formula is C23H22N4O2. The van der Waals surface area contributed by atoms with Crippen LogP contribution in [0, 0.1) is 6.92 Å². The van der Waals surface area contributed by atoms with E-state index in [9.17, 15) is 4.79 Å². The minimum atomic E-state index is -0.188. The molecule has 6 heteroatoms. The number of anilines is 2. The molecule has 1 aliphatic heterocycles. The number of ether oxygens (including phenoxy) is 1. The smallest absolute Gasteiger partial charge is 0.255 e. The molecule has 2 aromatic carbocycles. The average molecular weight is 386 g/mol. The van der Waals surface area contributed by atoms with Gasteiger partial charge in [0, 0.05) is 30.3 Å². The zero-order chi connectivity index (χ0) is 20.2. The maximum Gasteiger partial charge on any atom is 0.255 e. The van der Waals surface area contributed by atoms with Gasteiger partial charge >= 0.3 is 0 Å². The first-order valence-electron chi connectivity index (χ1n) is 9.50. The fourth-order valence-electron chi connectivity index (χ4n) is 2.99. The third-order valence-electron chi connectivity index (χ3n) is 4.64. The third-order valence-corrected chi connectivity index (χ3v) is 4.64. The van der Waals surface area contributed by atoms with Crippen LogP contribution < -0.4 is 15.1 Å². The van der Waals surface area contributed by atoms with Gasteiger partial charge in [-0.15, -0.1) is 0 Å². The summed E-state index contributed by atoms with van der Waals surface area (Å²) >= 11 is 0. The van der Waals surface area contributed by atoms with Gasteiger partial charge in [-0.2, -0.15) is 5.10 Å². The Balaban J connectivity index is 1.37. The summed E-state index contributed by atoms with van der Waals surface area (Å²) in [6.45, 7) is 4.92. The first kappa shape index (κ1) is 18.7. The van der Waals surface area contributed by atoms with Crippen molar-refractivity contribution in [3.8, 4) is 11.6 Å². The number of hydrazone groups is 1. The summed E-state index contributed by atoms with van der Waals surface area (Å²) < 4.78 is 5.71. The number of carbonyl (C=O) groups is 1. The van der Waals surface area contributed by atoms with Gasteiger partial charge in [0.05, 0.1) is 17.6 Å². The number of benzene rings is 2. The Kier molecular flexibility index (Phi) is 5.24. The Hall–Kier alpha value is -3.67. The Labute approximate surface area is 169 Å². The van der Waals surface area contributed by atoms with Crippen molar-refractivity contribution in [3.05, 3.63) is 78.0 Å².